The van der Waals surface area contributed by atoms with Crippen molar-refractivity contribution in [3.63, 3.8) is 0 Å². The van der Waals surface area contributed by atoms with Crippen LogP contribution < -0.4 is 10.1 Å². The van der Waals surface area contributed by atoms with Gasteiger partial charge in [0.05, 0.1) is 13.7 Å². The molecule has 4 rings (SSSR count). The minimum absolute atomic E-state index is 0.127. The van der Waals surface area contributed by atoms with Gasteiger partial charge in [0.25, 0.3) is 0 Å². The van der Waals surface area contributed by atoms with E-state index in [1.165, 1.54) is 24.0 Å². The van der Waals surface area contributed by atoms with E-state index in [4.69, 9.17) is 9.47 Å². The van der Waals surface area contributed by atoms with Gasteiger partial charge in [-0.25, -0.2) is 4.68 Å². The molecule has 0 radical (unpaired) electrons. The maximum absolute atomic E-state index is 11.7. The summed E-state index contributed by atoms with van der Waals surface area (Å²) in [5.74, 6) is 1.57. The van der Waals surface area contributed by atoms with Crippen LogP contribution in [-0.4, -0.2) is 76.0 Å². The molecule has 1 aliphatic rings. The fourth-order valence-electron chi connectivity index (χ4n) is 5.96. The van der Waals surface area contributed by atoms with Gasteiger partial charge in [-0.15, -0.1) is 5.10 Å². The lowest BCUT2D eigenvalue weighted by molar-refractivity contribution is -0.143. The first kappa shape index (κ1) is 30.7. The number of hydrogen-bond donors (Lipinski definition) is 1. The van der Waals surface area contributed by atoms with Gasteiger partial charge in [-0.3, -0.25) is 9.69 Å². The van der Waals surface area contributed by atoms with Crippen molar-refractivity contribution in [1.29, 1.82) is 0 Å². The lowest BCUT2D eigenvalue weighted by Gasteiger charge is -2.52. The summed E-state index contributed by atoms with van der Waals surface area (Å²) >= 11 is 0. The van der Waals surface area contributed by atoms with E-state index in [2.05, 4.69) is 89.0 Å². The SMILES string of the molecule is CCCCN1CC(C)NCC1(C)[C@H](c1ccc(-c2nnnn2CCCCC(=O)OCC)cc1)c1cccc(OC)c1. The number of nitrogens with zero attached hydrogens (tertiary/aromatic N) is 5. The van der Waals surface area contributed by atoms with E-state index in [1.807, 2.05) is 17.7 Å². The number of carbonyl (C=O) groups excluding carboxylic acids is 1. The first-order valence-electron chi connectivity index (χ1n) is 15.0. The zero-order valence-electron chi connectivity index (χ0n) is 25.3. The van der Waals surface area contributed by atoms with Crippen LogP contribution in [0.25, 0.3) is 11.4 Å². The highest BCUT2D eigenvalue weighted by Gasteiger charge is 2.44. The smallest absolute Gasteiger partial charge is 0.305 e. The maximum atomic E-state index is 11.7. The molecule has 3 atom stereocenters. The first-order chi connectivity index (χ1) is 19.9. The number of tetrazole rings is 1. The molecule has 1 fully saturated rings. The average Bonchev–Trinajstić information content (AvgIpc) is 3.45. The Morgan fingerprint density at radius 1 is 1.10 bits per heavy atom. The van der Waals surface area contributed by atoms with Crippen molar-refractivity contribution >= 4 is 5.97 Å². The topological polar surface area (TPSA) is 94.4 Å². The minimum atomic E-state index is -0.157. The van der Waals surface area contributed by atoms with Gasteiger partial charge in [0, 0.05) is 49.1 Å². The van der Waals surface area contributed by atoms with Crippen LogP contribution in [0, 0.1) is 0 Å². The Morgan fingerprint density at radius 2 is 1.90 bits per heavy atom. The zero-order valence-corrected chi connectivity index (χ0v) is 25.3. The number of carbonyl (C=O) groups is 1. The second-order valence-corrected chi connectivity index (χ2v) is 11.3. The third-order valence-electron chi connectivity index (χ3n) is 8.20. The monoisotopic (exact) mass is 562 g/mol. The van der Waals surface area contributed by atoms with Crippen LogP contribution in [0.1, 0.15) is 76.8 Å². The number of methoxy groups -OCH3 is 1. The number of esters is 1. The Kier molecular flexibility index (Phi) is 10.9. The molecule has 1 N–H and O–H groups in total. The summed E-state index contributed by atoms with van der Waals surface area (Å²) in [6.07, 6.45) is 4.29. The highest BCUT2D eigenvalue weighted by Crippen LogP contribution is 2.41. The van der Waals surface area contributed by atoms with E-state index in [9.17, 15) is 4.79 Å². The number of piperazine rings is 1. The molecule has 3 aromatic rings. The van der Waals surface area contributed by atoms with E-state index >= 15 is 0 Å². The summed E-state index contributed by atoms with van der Waals surface area (Å²) in [4.78, 5) is 14.3. The molecule has 2 heterocycles. The van der Waals surface area contributed by atoms with Crippen molar-refractivity contribution in [1.82, 2.24) is 30.4 Å². The Labute approximate surface area is 244 Å². The summed E-state index contributed by atoms with van der Waals surface area (Å²) in [5, 5.41) is 16.2. The molecule has 222 valence electrons. The van der Waals surface area contributed by atoms with E-state index in [1.54, 1.807) is 7.11 Å². The number of hydrogen-bond acceptors (Lipinski definition) is 8. The van der Waals surface area contributed by atoms with Gasteiger partial charge in [-0.1, -0.05) is 49.7 Å². The minimum Gasteiger partial charge on any atom is -0.497 e. The van der Waals surface area contributed by atoms with Crippen LogP contribution in [0.3, 0.4) is 0 Å². The number of ether oxygens (including phenoxy) is 2. The van der Waals surface area contributed by atoms with Gasteiger partial charge in [-0.2, -0.15) is 0 Å². The van der Waals surface area contributed by atoms with E-state index in [-0.39, 0.29) is 17.4 Å². The largest absolute Gasteiger partial charge is 0.497 e. The number of aryl methyl sites for hydroxylation is 1. The fraction of sp³-hybridized carbons (Fsp3) is 0.562. The number of rotatable bonds is 14. The summed E-state index contributed by atoms with van der Waals surface area (Å²) in [5.41, 5.74) is 3.33. The third kappa shape index (κ3) is 7.51. The van der Waals surface area contributed by atoms with E-state index in [0.717, 1.165) is 49.6 Å². The summed E-state index contributed by atoms with van der Waals surface area (Å²) < 4.78 is 12.5. The van der Waals surface area contributed by atoms with Crippen molar-refractivity contribution in [3.05, 3.63) is 59.7 Å². The van der Waals surface area contributed by atoms with Gasteiger partial charge >= 0.3 is 5.97 Å². The third-order valence-corrected chi connectivity index (χ3v) is 8.20. The first-order valence-corrected chi connectivity index (χ1v) is 15.0. The van der Waals surface area contributed by atoms with Gasteiger partial charge < -0.3 is 14.8 Å². The quantitative estimate of drug-likeness (QED) is 0.215. The van der Waals surface area contributed by atoms with Gasteiger partial charge in [0.2, 0.25) is 0 Å². The maximum Gasteiger partial charge on any atom is 0.305 e. The molecular weight excluding hydrogens is 516 g/mol. The summed E-state index contributed by atoms with van der Waals surface area (Å²) in [6, 6.07) is 17.6. The van der Waals surface area contributed by atoms with E-state index in [0.29, 0.717) is 25.6 Å². The van der Waals surface area contributed by atoms with E-state index < -0.39 is 0 Å². The average molecular weight is 563 g/mol. The fourth-order valence-corrected chi connectivity index (χ4v) is 5.96. The number of benzene rings is 2. The highest BCUT2D eigenvalue weighted by atomic mass is 16.5. The molecule has 2 aromatic carbocycles. The van der Waals surface area contributed by atoms with Crippen LogP contribution in [0.4, 0.5) is 0 Å². The Balaban J connectivity index is 1.61. The molecule has 0 spiro atoms. The molecule has 1 aromatic heterocycles. The molecule has 1 aliphatic heterocycles. The molecule has 41 heavy (non-hydrogen) atoms. The van der Waals surface area contributed by atoms with Crippen LogP contribution in [-0.2, 0) is 16.1 Å². The van der Waals surface area contributed by atoms with Crippen molar-refractivity contribution in [3.8, 4) is 17.1 Å². The van der Waals surface area contributed by atoms with Gasteiger partial charge in [0.1, 0.15) is 5.75 Å². The van der Waals surface area contributed by atoms with Crippen molar-refractivity contribution in [2.24, 2.45) is 0 Å². The molecule has 9 nitrogen and oxygen atoms in total. The number of nitrogens with one attached hydrogen (secondary N) is 1. The predicted molar refractivity (Wildman–Crippen MR) is 161 cm³/mol. The molecule has 0 amide bonds. The molecule has 0 bridgehead atoms. The Bertz CT molecular complexity index is 1250. The van der Waals surface area contributed by atoms with Gasteiger partial charge in [0.15, 0.2) is 5.82 Å². The van der Waals surface area contributed by atoms with Gasteiger partial charge in [-0.05, 0) is 80.3 Å². The second-order valence-electron chi connectivity index (χ2n) is 11.3. The molecule has 0 aliphatic carbocycles. The summed E-state index contributed by atoms with van der Waals surface area (Å²) in [6.45, 7) is 12.8. The summed E-state index contributed by atoms with van der Waals surface area (Å²) in [7, 11) is 1.73. The molecule has 9 heteroatoms. The van der Waals surface area contributed by atoms with Crippen LogP contribution in [0.15, 0.2) is 48.5 Å². The molecular formula is C32H46N6O3. The van der Waals surface area contributed by atoms with Crippen LogP contribution >= 0.6 is 0 Å². The van der Waals surface area contributed by atoms with Crippen molar-refractivity contribution in [2.75, 3.05) is 33.4 Å². The van der Waals surface area contributed by atoms with Crippen molar-refractivity contribution in [2.45, 2.75) is 83.8 Å². The highest BCUT2D eigenvalue weighted by molar-refractivity contribution is 5.69. The normalized spacial score (nSPS) is 20.1. The number of aromatic nitrogens is 4. The lowest BCUT2D eigenvalue weighted by Crippen LogP contribution is -2.65. The predicted octanol–water partition coefficient (Wildman–Crippen LogP) is 5.07. The molecule has 0 saturated carbocycles. The standard InChI is InChI=1S/C32H46N6O3/c1-6-8-19-37-22-24(3)33-23-32(37,4)30(27-12-11-13-28(21-27)40-5)25-15-17-26(18-16-25)31-34-35-36-38(31)20-10-9-14-29(39)41-7-2/h11-13,15-18,21,24,30,33H,6-10,14,19-20,22-23H2,1-5H3/t24?,30-,32?/m1/s1. The van der Waals surface area contributed by atoms with Crippen LogP contribution in [0.5, 0.6) is 5.75 Å². The molecule has 1 saturated heterocycles. The molecule has 2 unspecified atom stereocenters. The van der Waals surface area contributed by atoms with Crippen LogP contribution in [0.2, 0.25) is 0 Å². The van der Waals surface area contributed by atoms with Crippen molar-refractivity contribution < 1.29 is 14.3 Å². The lowest BCUT2D eigenvalue weighted by atomic mass is 9.73. The Morgan fingerprint density at radius 3 is 2.63 bits per heavy atom. The number of unbranched alkanes of at least 4 members (excludes halogenated alkanes) is 2. The zero-order chi connectivity index (χ0) is 29.2. The Hall–Kier alpha value is -3.30. The second kappa shape index (κ2) is 14.5.